The van der Waals surface area contributed by atoms with Crippen LogP contribution in [0, 0.1) is 0 Å². The smallest absolute Gasteiger partial charge is 0.0453 e. The first-order chi connectivity index (χ1) is 6.77. The van der Waals surface area contributed by atoms with Gasteiger partial charge in [0.15, 0.2) is 0 Å². The highest BCUT2D eigenvalue weighted by Gasteiger charge is 2.20. The summed E-state index contributed by atoms with van der Waals surface area (Å²) in [5, 5.41) is 4.43. The van der Waals surface area contributed by atoms with Gasteiger partial charge in [-0.15, -0.1) is 0 Å². The number of halogens is 1. The third-order valence-corrected chi connectivity index (χ3v) is 4.12. The molecule has 76 valence electrons. The topological polar surface area (TPSA) is 12.0 Å². The number of nitrogens with one attached hydrogen (secondary N) is 1. The van der Waals surface area contributed by atoms with E-state index in [1.54, 1.807) is 0 Å². The minimum Gasteiger partial charge on any atom is -0.306 e. The monoisotopic (exact) mass is 227 g/mol. The Morgan fingerprint density at radius 3 is 2.71 bits per heavy atom. The number of rotatable bonds is 3. The molecule has 1 nitrogen and oxygen atoms in total. The van der Waals surface area contributed by atoms with Gasteiger partial charge < -0.3 is 5.32 Å². The van der Waals surface area contributed by atoms with Gasteiger partial charge in [-0.05, 0) is 18.6 Å². The lowest BCUT2D eigenvalue weighted by Gasteiger charge is -2.30. The van der Waals surface area contributed by atoms with E-state index in [2.05, 4.69) is 18.3 Å². The molecule has 1 atom stereocenters. The van der Waals surface area contributed by atoms with E-state index in [-0.39, 0.29) is 0 Å². The van der Waals surface area contributed by atoms with Crippen molar-refractivity contribution < 1.29 is 0 Å². The van der Waals surface area contributed by atoms with Gasteiger partial charge in [-0.3, -0.25) is 0 Å². The molecule has 1 N–H and O–H groups in total. The predicted molar refractivity (Wildman–Crippen MR) is 64.1 cm³/mol. The quantitative estimate of drug-likeness (QED) is 0.852. The van der Waals surface area contributed by atoms with Crippen LogP contribution in [0.15, 0.2) is 24.3 Å². The predicted octanol–water partition coefficient (Wildman–Crippen LogP) is 3.11. The van der Waals surface area contributed by atoms with Gasteiger partial charge >= 0.3 is 0 Å². The maximum Gasteiger partial charge on any atom is 0.0453 e. The maximum absolute atomic E-state index is 6.12. The third-order valence-electron chi connectivity index (χ3n) is 2.50. The van der Waals surface area contributed by atoms with Crippen LogP contribution in [-0.2, 0) is 0 Å². The molecule has 0 bridgehead atoms. The van der Waals surface area contributed by atoms with Crippen molar-refractivity contribution in [3.63, 3.8) is 0 Å². The van der Waals surface area contributed by atoms with Crippen molar-refractivity contribution in [2.45, 2.75) is 19.0 Å². The van der Waals surface area contributed by atoms with E-state index < -0.39 is 0 Å². The van der Waals surface area contributed by atoms with Crippen molar-refractivity contribution >= 4 is 23.4 Å². The second-order valence-electron chi connectivity index (χ2n) is 3.64. The Hall–Kier alpha value is -0.180. The highest BCUT2D eigenvalue weighted by Crippen LogP contribution is 2.25. The van der Waals surface area contributed by atoms with Crippen molar-refractivity contribution in [3.05, 3.63) is 34.9 Å². The van der Waals surface area contributed by atoms with Crippen LogP contribution in [0.2, 0.25) is 5.02 Å². The molecule has 1 fully saturated rings. The largest absolute Gasteiger partial charge is 0.306 e. The van der Waals surface area contributed by atoms with E-state index in [9.17, 15) is 0 Å². The average molecular weight is 228 g/mol. The number of hydrogen-bond donors (Lipinski definition) is 1. The molecule has 0 spiro atoms. The molecule has 14 heavy (non-hydrogen) atoms. The zero-order valence-corrected chi connectivity index (χ0v) is 9.74. The Balaban J connectivity index is 2.02. The van der Waals surface area contributed by atoms with Crippen LogP contribution in [0.4, 0.5) is 0 Å². The molecule has 0 aliphatic carbocycles. The number of hydrogen-bond acceptors (Lipinski definition) is 2. The summed E-state index contributed by atoms with van der Waals surface area (Å²) in [5.74, 6) is 2.46. The molecule has 3 heteroatoms. The van der Waals surface area contributed by atoms with Crippen molar-refractivity contribution in [2.75, 3.05) is 11.5 Å². The van der Waals surface area contributed by atoms with Crippen LogP contribution < -0.4 is 5.32 Å². The molecule has 0 amide bonds. The molecule has 0 radical (unpaired) electrons. The van der Waals surface area contributed by atoms with Gasteiger partial charge in [0, 0.05) is 28.6 Å². The lowest BCUT2D eigenvalue weighted by molar-refractivity contribution is 0.503. The van der Waals surface area contributed by atoms with Crippen molar-refractivity contribution in [2.24, 2.45) is 0 Å². The first kappa shape index (κ1) is 10.3. The normalized spacial score (nSPS) is 19.0. The number of thioether (sulfide) groups is 1. The van der Waals surface area contributed by atoms with Crippen LogP contribution in [-0.4, -0.2) is 17.5 Å². The molecule has 1 aromatic rings. The summed E-state index contributed by atoms with van der Waals surface area (Å²) in [7, 11) is 0. The molecule has 1 heterocycles. The number of benzene rings is 1. The Morgan fingerprint density at radius 1 is 1.43 bits per heavy atom. The van der Waals surface area contributed by atoms with Crippen molar-refractivity contribution in [3.8, 4) is 0 Å². The Bertz CT molecular complexity index is 312. The van der Waals surface area contributed by atoms with E-state index in [1.807, 2.05) is 30.0 Å². The fourth-order valence-electron chi connectivity index (χ4n) is 1.60. The zero-order valence-electron chi connectivity index (χ0n) is 8.16. The molecule has 0 aromatic heterocycles. The van der Waals surface area contributed by atoms with Crippen LogP contribution in [0.25, 0.3) is 0 Å². The van der Waals surface area contributed by atoms with E-state index in [0.717, 1.165) is 5.02 Å². The summed E-state index contributed by atoms with van der Waals surface area (Å²) in [5.41, 5.74) is 1.20. The molecular weight excluding hydrogens is 214 g/mol. The lowest BCUT2D eigenvalue weighted by atomic mass is 10.1. The summed E-state index contributed by atoms with van der Waals surface area (Å²) >= 11 is 8.11. The second kappa shape index (κ2) is 4.56. The van der Waals surface area contributed by atoms with Crippen LogP contribution in [0.3, 0.4) is 0 Å². The summed E-state index contributed by atoms with van der Waals surface area (Å²) in [6.45, 7) is 2.17. The fraction of sp³-hybridized carbons (Fsp3) is 0.455. The molecular formula is C11H14ClNS. The first-order valence-corrected chi connectivity index (χ1v) is 6.39. The Labute approximate surface area is 94.2 Å². The molecule has 2 rings (SSSR count). The van der Waals surface area contributed by atoms with Gasteiger partial charge in [0.1, 0.15) is 0 Å². The average Bonchev–Trinajstić information content (AvgIpc) is 2.12. The van der Waals surface area contributed by atoms with Crippen LogP contribution in [0.1, 0.15) is 18.5 Å². The zero-order chi connectivity index (χ0) is 9.97. The summed E-state index contributed by atoms with van der Waals surface area (Å²) in [6, 6.07) is 9.07. The maximum atomic E-state index is 6.12. The van der Waals surface area contributed by atoms with Gasteiger partial charge in [-0.2, -0.15) is 11.8 Å². The second-order valence-corrected chi connectivity index (χ2v) is 5.13. The highest BCUT2D eigenvalue weighted by molar-refractivity contribution is 8.00. The Morgan fingerprint density at radius 2 is 2.14 bits per heavy atom. The van der Waals surface area contributed by atoms with Gasteiger partial charge in [0.25, 0.3) is 0 Å². The van der Waals surface area contributed by atoms with Crippen LogP contribution in [0.5, 0.6) is 0 Å². The van der Waals surface area contributed by atoms with Gasteiger partial charge in [0.05, 0.1) is 0 Å². The summed E-state index contributed by atoms with van der Waals surface area (Å²) in [6.07, 6.45) is 0. The Kier molecular flexibility index (Phi) is 3.37. The molecule has 1 aromatic carbocycles. The van der Waals surface area contributed by atoms with E-state index in [0.29, 0.717) is 12.1 Å². The van der Waals surface area contributed by atoms with Gasteiger partial charge in [0.2, 0.25) is 0 Å². The van der Waals surface area contributed by atoms with Crippen molar-refractivity contribution in [1.29, 1.82) is 0 Å². The standard InChI is InChI=1S/C11H14ClNS/c1-8(13-9-6-14-7-9)10-4-2-3-5-11(10)12/h2-5,8-9,13H,6-7H2,1H3/t8-/m1/s1. The first-order valence-electron chi connectivity index (χ1n) is 4.85. The molecule has 1 saturated heterocycles. The van der Waals surface area contributed by atoms with Gasteiger partial charge in [-0.25, -0.2) is 0 Å². The summed E-state index contributed by atoms with van der Waals surface area (Å²) in [4.78, 5) is 0. The van der Waals surface area contributed by atoms with E-state index in [1.165, 1.54) is 17.1 Å². The van der Waals surface area contributed by atoms with Gasteiger partial charge in [-0.1, -0.05) is 29.8 Å². The van der Waals surface area contributed by atoms with E-state index >= 15 is 0 Å². The molecule has 0 unspecified atom stereocenters. The molecule has 1 aliphatic rings. The minimum absolute atomic E-state index is 0.356. The van der Waals surface area contributed by atoms with Crippen LogP contribution >= 0.6 is 23.4 Å². The third kappa shape index (κ3) is 2.25. The molecule has 1 aliphatic heterocycles. The molecule has 0 saturated carbocycles. The minimum atomic E-state index is 0.356. The highest BCUT2D eigenvalue weighted by atomic mass is 35.5. The lowest BCUT2D eigenvalue weighted by Crippen LogP contribution is -2.41. The van der Waals surface area contributed by atoms with E-state index in [4.69, 9.17) is 11.6 Å². The van der Waals surface area contributed by atoms with Crippen molar-refractivity contribution in [1.82, 2.24) is 5.32 Å². The summed E-state index contributed by atoms with van der Waals surface area (Å²) < 4.78 is 0. The SMILES string of the molecule is C[C@@H](NC1CSC1)c1ccccc1Cl. The fourth-order valence-corrected chi connectivity index (χ4v) is 2.56.